The predicted octanol–water partition coefficient (Wildman–Crippen LogP) is 1.50. The van der Waals surface area contributed by atoms with E-state index in [0.717, 1.165) is 48.5 Å². The van der Waals surface area contributed by atoms with Crippen LogP contribution in [0.4, 0.5) is 0 Å². The van der Waals surface area contributed by atoms with Crippen molar-refractivity contribution in [2.24, 2.45) is 5.73 Å². The van der Waals surface area contributed by atoms with Crippen LogP contribution in [0.3, 0.4) is 0 Å². The molecule has 0 spiro atoms. The van der Waals surface area contributed by atoms with Crippen molar-refractivity contribution in [2.45, 2.75) is 19.4 Å². The molecule has 20 heavy (non-hydrogen) atoms. The van der Waals surface area contributed by atoms with E-state index in [1.54, 1.807) is 7.11 Å². The Balaban J connectivity index is 2.30. The molecule has 1 heterocycles. The van der Waals surface area contributed by atoms with Crippen molar-refractivity contribution in [2.75, 3.05) is 34.3 Å². The van der Waals surface area contributed by atoms with Crippen LogP contribution in [0.25, 0.3) is 11.0 Å². The molecule has 1 aromatic carbocycles. The van der Waals surface area contributed by atoms with Crippen molar-refractivity contribution in [3.63, 3.8) is 0 Å². The van der Waals surface area contributed by atoms with Gasteiger partial charge in [-0.15, -0.1) is 0 Å². The molecule has 110 valence electrons. The molecule has 0 aliphatic carbocycles. The second-order valence-corrected chi connectivity index (χ2v) is 5.23. The third-order valence-electron chi connectivity index (χ3n) is 3.39. The highest BCUT2D eigenvalue weighted by Gasteiger charge is 2.10. The lowest BCUT2D eigenvalue weighted by Crippen LogP contribution is -2.16. The van der Waals surface area contributed by atoms with Gasteiger partial charge < -0.3 is 19.9 Å². The molecule has 0 saturated heterocycles. The van der Waals surface area contributed by atoms with Gasteiger partial charge in [0.2, 0.25) is 0 Å². The van der Waals surface area contributed by atoms with Gasteiger partial charge in [-0.1, -0.05) is 0 Å². The minimum absolute atomic E-state index is 0.619. The van der Waals surface area contributed by atoms with Crippen LogP contribution in [0.1, 0.15) is 12.2 Å². The molecule has 2 rings (SSSR count). The average molecular weight is 276 g/mol. The van der Waals surface area contributed by atoms with Gasteiger partial charge in [0.05, 0.1) is 18.1 Å². The molecular weight excluding hydrogens is 252 g/mol. The van der Waals surface area contributed by atoms with E-state index in [4.69, 9.17) is 15.5 Å². The molecule has 0 fully saturated rings. The summed E-state index contributed by atoms with van der Waals surface area (Å²) in [5.74, 6) is 1.91. The molecule has 0 radical (unpaired) electrons. The van der Waals surface area contributed by atoms with Gasteiger partial charge >= 0.3 is 0 Å². The molecule has 5 heteroatoms. The zero-order valence-corrected chi connectivity index (χ0v) is 12.6. The van der Waals surface area contributed by atoms with E-state index in [0.29, 0.717) is 6.54 Å². The summed E-state index contributed by atoms with van der Waals surface area (Å²) in [6.45, 7) is 2.66. The van der Waals surface area contributed by atoms with Crippen molar-refractivity contribution in [1.29, 1.82) is 0 Å². The molecule has 1 aromatic heterocycles. The van der Waals surface area contributed by atoms with Gasteiger partial charge in [0.1, 0.15) is 11.6 Å². The summed E-state index contributed by atoms with van der Waals surface area (Å²) >= 11 is 0. The Hall–Kier alpha value is -1.59. The number of nitrogens with two attached hydrogens (primary N) is 1. The molecule has 0 unspecified atom stereocenters. The predicted molar refractivity (Wildman–Crippen MR) is 82.2 cm³/mol. The normalized spacial score (nSPS) is 11.4. The Kier molecular flexibility index (Phi) is 4.98. The number of benzene rings is 1. The smallest absolute Gasteiger partial charge is 0.121 e. The third-order valence-corrected chi connectivity index (χ3v) is 3.39. The van der Waals surface area contributed by atoms with Crippen LogP contribution in [0.5, 0.6) is 5.75 Å². The standard InChI is InChI=1S/C15H24N4O/c1-18(2)9-4-10-19-14-6-5-12(20-3)11-13(14)17-15(19)7-8-16/h5-6,11H,4,7-10,16H2,1-3H3. The lowest BCUT2D eigenvalue weighted by atomic mass is 10.3. The number of fused-ring (bicyclic) bond motifs is 1. The van der Waals surface area contributed by atoms with Crippen LogP contribution < -0.4 is 10.5 Å². The molecule has 0 aliphatic heterocycles. The molecule has 0 aliphatic rings. The average Bonchev–Trinajstić information content (AvgIpc) is 2.76. The van der Waals surface area contributed by atoms with E-state index in [1.807, 2.05) is 12.1 Å². The van der Waals surface area contributed by atoms with Gasteiger partial charge in [0.15, 0.2) is 0 Å². The molecule has 2 aromatic rings. The first-order valence-electron chi connectivity index (χ1n) is 7.03. The van der Waals surface area contributed by atoms with Crippen molar-refractivity contribution in [3.8, 4) is 5.75 Å². The summed E-state index contributed by atoms with van der Waals surface area (Å²) < 4.78 is 7.55. The second-order valence-electron chi connectivity index (χ2n) is 5.23. The van der Waals surface area contributed by atoms with E-state index in [1.165, 1.54) is 0 Å². The summed E-state index contributed by atoms with van der Waals surface area (Å²) in [6, 6.07) is 6.05. The first-order chi connectivity index (χ1) is 9.65. The Morgan fingerprint density at radius 1 is 1.35 bits per heavy atom. The zero-order chi connectivity index (χ0) is 14.5. The van der Waals surface area contributed by atoms with Gasteiger partial charge in [-0.2, -0.15) is 0 Å². The SMILES string of the molecule is COc1ccc2c(c1)nc(CCN)n2CCCN(C)C. The van der Waals surface area contributed by atoms with E-state index < -0.39 is 0 Å². The van der Waals surface area contributed by atoms with Gasteiger partial charge in [-0.25, -0.2) is 4.98 Å². The molecule has 0 atom stereocenters. The van der Waals surface area contributed by atoms with Crippen molar-refractivity contribution in [1.82, 2.24) is 14.5 Å². The summed E-state index contributed by atoms with van der Waals surface area (Å²) in [6.07, 6.45) is 1.90. The van der Waals surface area contributed by atoms with Crippen LogP contribution in [-0.4, -0.2) is 48.7 Å². The number of aromatic nitrogens is 2. The number of ether oxygens (including phenoxy) is 1. The Labute approximate surface area is 120 Å². The summed E-state index contributed by atoms with van der Waals surface area (Å²) in [5, 5.41) is 0. The maximum absolute atomic E-state index is 5.70. The second kappa shape index (κ2) is 6.72. The minimum atomic E-state index is 0.619. The van der Waals surface area contributed by atoms with E-state index in [-0.39, 0.29) is 0 Å². The van der Waals surface area contributed by atoms with Crippen molar-refractivity contribution in [3.05, 3.63) is 24.0 Å². The number of methoxy groups -OCH3 is 1. The highest BCUT2D eigenvalue weighted by Crippen LogP contribution is 2.22. The van der Waals surface area contributed by atoms with Crippen LogP contribution >= 0.6 is 0 Å². The van der Waals surface area contributed by atoms with Gasteiger partial charge in [-0.3, -0.25) is 0 Å². The van der Waals surface area contributed by atoms with Crippen molar-refractivity contribution < 1.29 is 4.74 Å². The largest absolute Gasteiger partial charge is 0.497 e. The van der Waals surface area contributed by atoms with Gasteiger partial charge in [0.25, 0.3) is 0 Å². The van der Waals surface area contributed by atoms with Crippen molar-refractivity contribution >= 4 is 11.0 Å². The van der Waals surface area contributed by atoms with Crippen LogP contribution in [-0.2, 0) is 13.0 Å². The number of hydrogen-bond acceptors (Lipinski definition) is 4. The van der Waals surface area contributed by atoms with Gasteiger partial charge in [0, 0.05) is 19.0 Å². The van der Waals surface area contributed by atoms with Crippen LogP contribution in [0, 0.1) is 0 Å². The fraction of sp³-hybridized carbons (Fsp3) is 0.533. The summed E-state index contributed by atoms with van der Waals surface area (Å²) in [5.41, 5.74) is 7.84. The zero-order valence-electron chi connectivity index (χ0n) is 12.6. The fourth-order valence-corrected chi connectivity index (χ4v) is 2.40. The Bertz CT molecular complexity index is 562. The topological polar surface area (TPSA) is 56.3 Å². The summed E-state index contributed by atoms with van der Waals surface area (Å²) in [7, 11) is 5.87. The minimum Gasteiger partial charge on any atom is -0.497 e. The number of aryl methyl sites for hydroxylation is 1. The van der Waals surface area contributed by atoms with E-state index in [2.05, 4.69) is 29.6 Å². The lowest BCUT2D eigenvalue weighted by molar-refractivity contribution is 0.386. The van der Waals surface area contributed by atoms with Gasteiger partial charge in [-0.05, 0) is 45.7 Å². The number of nitrogens with zero attached hydrogens (tertiary/aromatic N) is 3. The van der Waals surface area contributed by atoms with Crippen LogP contribution in [0.15, 0.2) is 18.2 Å². The first-order valence-corrected chi connectivity index (χ1v) is 7.03. The number of hydrogen-bond donors (Lipinski definition) is 1. The lowest BCUT2D eigenvalue weighted by Gasteiger charge is -2.12. The first kappa shape index (κ1) is 14.8. The van der Waals surface area contributed by atoms with Crippen LogP contribution in [0.2, 0.25) is 0 Å². The molecule has 2 N–H and O–H groups in total. The fourth-order valence-electron chi connectivity index (χ4n) is 2.40. The number of imidazole rings is 1. The molecule has 0 saturated carbocycles. The molecule has 5 nitrogen and oxygen atoms in total. The van der Waals surface area contributed by atoms with E-state index in [9.17, 15) is 0 Å². The molecule has 0 amide bonds. The number of rotatable bonds is 7. The molecular formula is C15H24N4O. The highest BCUT2D eigenvalue weighted by atomic mass is 16.5. The highest BCUT2D eigenvalue weighted by molar-refractivity contribution is 5.77. The quantitative estimate of drug-likeness (QED) is 0.832. The maximum Gasteiger partial charge on any atom is 0.121 e. The van der Waals surface area contributed by atoms with E-state index >= 15 is 0 Å². The Morgan fingerprint density at radius 2 is 2.15 bits per heavy atom. The third kappa shape index (κ3) is 3.29. The monoisotopic (exact) mass is 276 g/mol. The Morgan fingerprint density at radius 3 is 2.80 bits per heavy atom. The maximum atomic E-state index is 5.70. The molecule has 0 bridgehead atoms. The summed E-state index contributed by atoms with van der Waals surface area (Å²) in [4.78, 5) is 6.90.